The molecule has 1 amide bonds. The molecule has 0 radical (unpaired) electrons. The van der Waals surface area contributed by atoms with E-state index in [1.807, 2.05) is 56.3 Å². The molecule has 0 aliphatic rings. The van der Waals surface area contributed by atoms with Crippen LogP contribution < -0.4 is 10.1 Å². The van der Waals surface area contributed by atoms with Gasteiger partial charge >= 0.3 is 0 Å². The molecule has 3 aromatic rings. The number of rotatable bonds is 8. The van der Waals surface area contributed by atoms with Crippen molar-refractivity contribution < 1.29 is 9.53 Å². The minimum absolute atomic E-state index is 0.000488. The van der Waals surface area contributed by atoms with Gasteiger partial charge in [0.2, 0.25) is 5.91 Å². The molecule has 0 bridgehead atoms. The van der Waals surface area contributed by atoms with Gasteiger partial charge in [0.1, 0.15) is 5.75 Å². The second-order valence-electron chi connectivity index (χ2n) is 7.67. The summed E-state index contributed by atoms with van der Waals surface area (Å²) in [5, 5.41) is 3.05. The van der Waals surface area contributed by atoms with Gasteiger partial charge in [0, 0.05) is 18.9 Å². The maximum absolute atomic E-state index is 12.7. The van der Waals surface area contributed by atoms with Gasteiger partial charge in [-0.25, -0.2) is 0 Å². The topological polar surface area (TPSA) is 38.3 Å². The quantitative estimate of drug-likeness (QED) is 0.545. The fraction of sp³-hybridized carbons (Fsp3) is 0.269. The van der Waals surface area contributed by atoms with Crippen LogP contribution in [0.1, 0.15) is 48.4 Å². The lowest BCUT2D eigenvalue weighted by molar-refractivity contribution is -0.121. The van der Waals surface area contributed by atoms with Crippen LogP contribution in [-0.2, 0) is 11.3 Å². The van der Waals surface area contributed by atoms with Gasteiger partial charge in [-0.05, 0) is 49.6 Å². The van der Waals surface area contributed by atoms with Gasteiger partial charge in [-0.2, -0.15) is 0 Å². The second kappa shape index (κ2) is 9.92. The summed E-state index contributed by atoms with van der Waals surface area (Å²) in [6.07, 6.45) is 0.540. The highest BCUT2D eigenvalue weighted by Crippen LogP contribution is 2.30. The van der Waals surface area contributed by atoms with Crippen LogP contribution in [-0.4, -0.2) is 12.0 Å². The molecule has 1 N–H and O–H groups in total. The molecule has 0 saturated carbocycles. The van der Waals surface area contributed by atoms with Gasteiger partial charge in [-0.1, -0.05) is 72.3 Å². The Labute approximate surface area is 173 Å². The van der Waals surface area contributed by atoms with Crippen LogP contribution in [0.4, 0.5) is 0 Å². The first-order chi connectivity index (χ1) is 14.0. The molecule has 3 aromatic carbocycles. The number of nitrogens with one attached hydrogen (secondary N) is 1. The first-order valence-corrected chi connectivity index (χ1v) is 10.1. The summed E-state index contributed by atoms with van der Waals surface area (Å²) in [5.74, 6) is 0.890. The van der Waals surface area contributed by atoms with Crippen LogP contribution >= 0.6 is 0 Å². The van der Waals surface area contributed by atoms with Gasteiger partial charge < -0.3 is 10.1 Å². The van der Waals surface area contributed by atoms with Crippen molar-refractivity contribution in [2.24, 2.45) is 0 Å². The Morgan fingerprint density at radius 3 is 2.03 bits per heavy atom. The van der Waals surface area contributed by atoms with Gasteiger partial charge in [0.05, 0.1) is 6.10 Å². The molecule has 3 rings (SSSR count). The number of hydrogen-bond donors (Lipinski definition) is 1. The van der Waals surface area contributed by atoms with E-state index in [9.17, 15) is 4.79 Å². The van der Waals surface area contributed by atoms with Gasteiger partial charge in [0.25, 0.3) is 0 Å². The molecule has 1 atom stereocenters. The maximum atomic E-state index is 12.7. The average Bonchev–Trinajstić information content (AvgIpc) is 2.72. The van der Waals surface area contributed by atoms with Crippen LogP contribution in [0.3, 0.4) is 0 Å². The highest BCUT2D eigenvalue weighted by Gasteiger charge is 2.18. The number of benzene rings is 3. The van der Waals surface area contributed by atoms with Crippen LogP contribution in [0.2, 0.25) is 0 Å². The normalized spacial score (nSPS) is 11.9. The van der Waals surface area contributed by atoms with Gasteiger partial charge in [0.15, 0.2) is 0 Å². The fourth-order valence-electron chi connectivity index (χ4n) is 3.33. The number of carbonyl (C=O) groups is 1. The van der Waals surface area contributed by atoms with Crippen molar-refractivity contribution in [1.82, 2.24) is 5.32 Å². The molecule has 0 spiro atoms. The Kier molecular flexibility index (Phi) is 7.07. The van der Waals surface area contributed by atoms with Crippen molar-refractivity contribution in [2.75, 3.05) is 0 Å². The van der Waals surface area contributed by atoms with Crippen molar-refractivity contribution in [2.45, 2.75) is 45.8 Å². The molecule has 150 valence electrons. The standard InChI is InChI=1S/C26H29NO2/c1-19(2)29-24-15-13-23(14-16-24)25(22-11-9-20(3)10-12-22)17-26(28)27-18-21-7-5-4-6-8-21/h4-16,19,25H,17-18H2,1-3H3,(H,27,28). The minimum atomic E-state index is -0.000488. The summed E-state index contributed by atoms with van der Waals surface area (Å²) in [5.41, 5.74) is 4.56. The molecule has 3 heteroatoms. The predicted octanol–water partition coefficient (Wildman–Crippen LogP) is 5.62. The van der Waals surface area contributed by atoms with E-state index >= 15 is 0 Å². The van der Waals surface area contributed by atoms with Crippen LogP contribution in [0.5, 0.6) is 5.75 Å². The van der Waals surface area contributed by atoms with E-state index in [0.717, 1.165) is 22.4 Å². The monoisotopic (exact) mass is 387 g/mol. The lowest BCUT2D eigenvalue weighted by Crippen LogP contribution is -2.25. The molecule has 3 nitrogen and oxygen atoms in total. The molecule has 0 fully saturated rings. The van der Waals surface area contributed by atoms with Crippen molar-refractivity contribution in [3.63, 3.8) is 0 Å². The third-order valence-electron chi connectivity index (χ3n) is 4.86. The lowest BCUT2D eigenvalue weighted by Gasteiger charge is -2.19. The summed E-state index contributed by atoms with van der Waals surface area (Å²) >= 11 is 0. The summed E-state index contributed by atoms with van der Waals surface area (Å²) in [6, 6.07) is 26.5. The molecule has 0 heterocycles. The Morgan fingerprint density at radius 2 is 1.45 bits per heavy atom. The summed E-state index contributed by atoms with van der Waals surface area (Å²) in [7, 11) is 0. The number of aryl methyl sites for hydroxylation is 1. The van der Waals surface area contributed by atoms with E-state index in [0.29, 0.717) is 13.0 Å². The average molecular weight is 388 g/mol. The molecule has 0 aliphatic carbocycles. The Hall–Kier alpha value is -3.07. The summed E-state index contributed by atoms with van der Waals surface area (Å²) in [6.45, 7) is 6.64. The second-order valence-corrected chi connectivity index (χ2v) is 7.67. The summed E-state index contributed by atoms with van der Waals surface area (Å²) in [4.78, 5) is 12.7. The van der Waals surface area contributed by atoms with E-state index < -0.39 is 0 Å². The Bertz CT molecular complexity index is 900. The van der Waals surface area contributed by atoms with Crippen molar-refractivity contribution in [3.05, 3.63) is 101 Å². The van der Waals surface area contributed by atoms with E-state index in [-0.39, 0.29) is 17.9 Å². The van der Waals surface area contributed by atoms with Crippen molar-refractivity contribution >= 4 is 5.91 Å². The molecule has 0 aromatic heterocycles. The van der Waals surface area contributed by atoms with E-state index in [2.05, 4.69) is 48.6 Å². The van der Waals surface area contributed by atoms with Crippen LogP contribution in [0.15, 0.2) is 78.9 Å². The minimum Gasteiger partial charge on any atom is -0.491 e. The third-order valence-corrected chi connectivity index (χ3v) is 4.86. The molecular formula is C26H29NO2. The molecule has 0 saturated heterocycles. The van der Waals surface area contributed by atoms with Crippen LogP contribution in [0, 0.1) is 6.92 Å². The largest absolute Gasteiger partial charge is 0.491 e. The van der Waals surface area contributed by atoms with E-state index in [4.69, 9.17) is 4.74 Å². The molecule has 1 unspecified atom stereocenters. The van der Waals surface area contributed by atoms with Gasteiger partial charge in [-0.15, -0.1) is 0 Å². The third kappa shape index (κ3) is 6.21. The lowest BCUT2D eigenvalue weighted by atomic mass is 9.88. The number of ether oxygens (including phenoxy) is 1. The highest BCUT2D eigenvalue weighted by atomic mass is 16.5. The first kappa shape index (κ1) is 20.7. The Morgan fingerprint density at radius 1 is 0.862 bits per heavy atom. The molecular weight excluding hydrogens is 358 g/mol. The number of amides is 1. The first-order valence-electron chi connectivity index (χ1n) is 10.1. The fourth-order valence-corrected chi connectivity index (χ4v) is 3.33. The SMILES string of the molecule is Cc1ccc(C(CC(=O)NCc2ccccc2)c2ccc(OC(C)C)cc2)cc1. The Balaban J connectivity index is 1.76. The van der Waals surface area contributed by atoms with E-state index in [1.165, 1.54) is 5.56 Å². The smallest absolute Gasteiger partial charge is 0.221 e. The highest BCUT2D eigenvalue weighted by molar-refractivity contribution is 5.77. The van der Waals surface area contributed by atoms with Crippen molar-refractivity contribution in [3.8, 4) is 5.75 Å². The molecule has 29 heavy (non-hydrogen) atoms. The molecule has 0 aliphatic heterocycles. The number of hydrogen-bond acceptors (Lipinski definition) is 2. The zero-order chi connectivity index (χ0) is 20.6. The maximum Gasteiger partial charge on any atom is 0.221 e. The summed E-state index contributed by atoms with van der Waals surface area (Å²) < 4.78 is 5.76. The predicted molar refractivity (Wildman–Crippen MR) is 118 cm³/mol. The van der Waals surface area contributed by atoms with Gasteiger partial charge in [-0.3, -0.25) is 4.79 Å². The number of carbonyl (C=O) groups excluding carboxylic acids is 1. The van der Waals surface area contributed by atoms with E-state index in [1.54, 1.807) is 0 Å². The zero-order valence-corrected chi connectivity index (χ0v) is 17.4. The van der Waals surface area contributed by atoms with Crippen molar-refractivity contribution in [1.29, 1.82) is 0 Å². The van der Waals surface area contributed by atoms with Crippen LogP contribution in [0.25, 0.3) is 0 Å². The zero-order valence-electron chi connectivity index (χ0n) is 17.4.